The highest BCUT2D eigenvalue weighted by Gasteiger charge is 2.29. The fourth-order valence-electron chi connectivity index (χ4n) is 2.01. The third-order valence-corrected chi connectivity index (χ3v) is 4.40. The third kappa shape index (κ3) is 3.69. The van der Waals surface area contributed by atoms with Gasteiger partial charge in [0, 0.05) is 10.7 Å². The zero-order chi connectivity index (χ0) is 15.8. The minimum atomic E-state index is -4.26. The molecular formula is C12H12ClF2NO4S. The smallest absolute Gasteiger partial charge is 0.261 e. The Morgan fingerprint density at radius 2 is 1.90 bits per heavy atom. The normalized spacial score (nSPS) is 22.3. The molecule has 0 bridgehead atoms. The van der Waals surface area contributed by atoms with Gasteiger partial charge in [0.15, 0.2) is 11.6 Å². The van der Waals surface area contributed by atoms with E-state index in [1.165, 1.54) is 0 Å². The summed E-state index contributed by atoms with van der Waals surface area (Å²) < 4.78 is 54.9. The zero-order valence-corrected chi connectivity index (χ0v) is 12.5. The first-order valence-electron chi connectivity index (χ1n) is 6.08. The van der Waals surface area contributed by atoms with E-state index in [9.17, 15) is 22.0 Å². The quantitative estimate of drug-likeness (QED) is 0.858. The van der Waals surface area contributed by atoms with Crippen LogP contribution in [0.2, 0.25) is 0 Å². The van der Waals surface area contributed by atoms with Gasteiger partial charge in [-0.2, -0.15) is 0 Å². The van der Waals surface area contributed by atoms with Crippen LogP contribution in [0.25, 0.3) is 0 Å². The molecule has 0 spiro atoms. The number of carbonyl (C=O) groups is 1. The average molecular weight is 340 g/mol. The molecule has 1 amide bonds. The molecule has 0 saturated carbocycles. The van der Waals surface area contributed by atoms with Crippen molar-refractivity contribution < 1.29 is 26.7 Å². The van der Waals surface area contributed by atoms with Crippen LogP contribution in [0, 0.1) is 11.6 Å². The van der Waals surface area contributed by atoms with Gasteiger partial charge >= 0.3 is 0 Å². The van der Waals surface area contributed by atoms with Crippen molar-refractivity contribution in [3.63, 3.8) is 0 Å². The van der Waals surface area contributed by atoms with Crippen molar-refractivity contribution in [2.45, 2.75) is 36.9 Å². The lowest BCUT2D eigenvalue weighted by Gasteiger charge is -2.13. The summed E-state index contributed by atoms with van der Waals surface area (Å²) in [6.07, 6.45) is 0.242. The number of halogens is 3. The highest BCUT2D eigenvalue weighted by molar-refractivity contribution is 8.13. The van der Waals surface area contributed by atoms with E-state index in [2.05, 4.69) is 5.32 Å². The van der Waals surface area contributed by atoms with Crippen LogP contribution >= 0.6 is 10.7 Å². The van der Waals surface area contributed by atoms with Crippen molar-refractivity contribution in [1.29, 1.82) is 0 Å². The van der Waals surface area contributed by atoms with E-state index in [1.54, 1.807) is 6.92 Å². The Morgan fingerprint density at radius 3 is 2.33 bits per heavy atom. The van der Waals surface area contributed by atoms with Gasteiger partial charge in [-0.3, -0.25) is 4.79 Å². The predicted octanol–water partition coefficient (Wildman–Crippen LogP) is 2.40. The van der Waals surface area contributed by atoms with E-state index >= 15 is 0 Å². The van der Waals surface area contributed by atoms with Crippen LogP contribution < -0.4 is 5.32 Å². The first-order chi connectivity index (χ1) is 9.68. The molecule has 1 aromatic carbocycles. The molecule has 116 valence electrons. The maximum absolute atomic E-state index is 13.7. The maximum Gasteiger partial charge on any atom is 0.261 e. The number of benzene rings is 1. The van der Waals surface area contributed by atoms with Gasteiger partial charge in [-0.1, -0.05) is 0 Å². The Kier molecular flexibility index (Phi) is 4.50. The molecule has 1 aliphatic heterocycles. The van der Waals surface area contributed by atoms with Crippen LogP contribution in [-0.4, -0.2) is 26.5 Å². The molecule has 0 aliphatic carbocycles. The van der Waals surface area contributed by atoms with Crippen molar-refractivity contribution >= 4 is 31.3 Å². The zero-order valence-electron chi connectivity index (χ0n) is 10.9. The highest BCUT2D eigenvalue weighted by Crippen LogP contribution is 2.27. The fourth-order valence-corrected chi connectivity index (χ4v) is 2.76. The van der Waals surface area contributed by atoms with Gasteiger partial charge < -0.3 is 10.1 Å². The van der Waals surface area contributed by atoms with Gasteiger partial charge in [0.05, 0.1) is 11.0 Å². The first kappa shape index (κ1) is 16.1. The summed E-state index contributed by atoms with van der Waals surface area (Å²) in [7, 11) is 0.751. The Morgan fingerprint density at radius 1 is 1.33 bits per heavy atom. The van der Waals surface area contributed by atoms with Crippen LogP contribution in [0.1, 0.15) is 19.8 Å². The second-order valence-corrected chi connectivity index (χ2v) is 7.27. The van der Waals surface area contributed by atoms with Crippen molar-refractivity contribution in [2.24, 2.45) is 0 Å². The molecule has 2 rings (SSSR count). The van der Waals surface area contributed by atoms with Crippen LogP contribution in [-0.2, 0) is 18.6 Å². The largest absolute Gasteiger partial charge is 0.365 e. The second kappa shape index (κ2) is 5.86. The molecule has 1 fully saturated rings. The van der Waals surface area contributed by atoms with E-state index in [4.69, 9.17) is 15.4 Å². The van der Waals surface area contributed by atoms with E-state index in [1.807, 2.05) is 0 Å². The summed E-state index contributed by atoms with van der Waals surface area (Å²) in [5.74, 6) is -3.14. The van der Waals surface area contributed by atoms with Gasteiger partial charge in [0.2, 0.25) is 0 Å². The van der Waals surface area contributed by atoms with E-state index in [0.717, 1.165) is 0 Å². The van der Waals surface area contributed by atoms with Gasteiger partial charge in [-0.15, -0.1) is 0 Å². The van der Waals surface area contributed by atoms with E-state index < -0.39 is 43.3 Å². The lowest BCUT2D eigenvalue weighted by atomic mass is 10.2. The number of rotatable bonds is 3. The molecule has 1 heterocycles. The van der Waals surface area contributed by atoms with E-state index in [-0.39, 0.29) is 6.10 Å². The first-order valence-corrected chi connectivity index (χ1v) is 8.39. The Labute approximate surface area is 124 Å². The fraction of sp³-hybridized carbons (Fsp3) is 0.417. The monoisotopic (exact) mass is 339 g/mol. The SMILES string of the molecule is CC1CCC(C(=O)Nc2c(F)cc(S(=O)(=O)Cl)cc2F)O1. The van der Waals surface area contributed by atoms with Crippen molar-refractivity contribution in [2.75, 3.05) is 5.32 Å². The minimum absolute atomic E-state index is 0.0980. The number of carbonyl (C=O) groups excluding carboxylic acids is 1. The molecule has 9 heteroatoms. The number of ether oxygens (including phenoxy) is 1. The van der Waals surface area contributed by atoms with Gasteiger partial charge in [-0.05, 0) is 31.9 Å². The summed E-state index contributed by atoms with van der Waals surface area (Å²) in [6.45, 7) is 1.79. The Balaban J connectivity index is 2.23. The molecule has 21 heavy (non-hydrogen) atoms. The lowest BCUT2D eigenvalue weighted by Crippen LogP contribution is -2.28. The summed E-state index contributed by atoms with van der Waals surface area (Å²) >= 11 is 0. The number of nitrogens with one attached hydrogen (secondary N) is 1. The van der Waals surface area contributed by atoms with Crippen LogP contribution in [0.15, 0.2) is 17.0 Å². The molecule has 1 aromatic rings. The maximum atomic E-state index is 13.7. The Bertz CT molecular complexity index is 657. The van der Waals surface area contributed by atoms with Crippen LogP contribution in [0.3, 0.4) is 0 Å². The standard InChI is InChI=1S/C12H12ClF2NO4S/c1-6-2-3-10(20-6)12(17)16-11-8(14)4-7(5-9(11)15)21(13,18)19/h4-6,10H,2-3H2,1H3,(H,16,17). The molecule has 2 unspecified atom stereocenters. The highest BCUT2D eigenvalue weighted by atomic mass is 35.7. The van der Waals surface area contributed by atoms with Crippen LogP contribution in [0.5, 0.6) is 0 Å². The minimum Gasteiger partial charge on any atom is -0.365 e. The second-order valence-electron chi connectivity index (χ2n) is 4.70. The molecule has 0 aromatic heterocycles. The lowest BCUT2D eigenvalue weighted by molar-refractivity contribution is -0.126. The summed E-state index contributed by atoms with van der Waals surface area (Å²) in [6, 6.07) is 1.08. The molecule has 1 saturated heterocycles. The molecule has 0 radical (unpaired) electrons. The molecule has 5 nitrogen and oxygen atoms in total. The average Bonchev–Trinajstić information content (AvgIpc) is 2.79. The summed E-state index contributed by atoms with van der Waals surface area (Å²) in [5.41, 5.74) is -0.729. The van der Waals surface area contributed by atoms with Gasteiger partial charge in [0.25, 0.3) is 15.0 Å². The molecule has 2 atom stereocenters. The van der Waals surface area contributed by atoms with Crippen LogP contribution in [0.4, 0.5) is 14.5 Å². The topological polar surface area (TPSA) is 72.5 Å². The molecule has 1 aliphatic rings. The summed E-state index contributed by atoms with van der Waals surface area (Å²) in [5, 5.41) is 2.07. The molecular weight excluding hydrogens is 328 g/mol. The number of amides is 1. The third-order valence-electron chi connectivity index (χ3n) is 3.07. The molecule has 1 N–H and O–H groups in total. The van der Waals surface area contributed by atoms with Crippen molar-refractivity contribution in [1.82, 2.24) is 0 Å². The Hall–Kier alpha value is -1.25. The van der Waals surface area contributed by atoms with Crippen molar-refractivity contribution in [3.8, 4) is 0 Å². The van der Waals surface area contributed by atoms with Crippen molar-refractivity contribution in [3.05, 3.63) is 23.8 Å². The summed E-state index contributed by atoms with van der Waals surface area (Å²) in [4.78, 5) is 11.1. The van der Waals surface area contributed by atoms with E-state index in [0.29, 0.717) is 25.0 Å². The number of hydrogen-bond donors (Lipinski definition) is 1. The number of hydrogen-bond acceptors (Lipinski definition) is 4. The van der Waals surface area contributed by atoms with Gasteiger partial charge in [0.1, 0.15) is 11.8 Å². The predicted molar refractivity (Wildman–Crippen MR) is 71.6 cm³/mol. The number of anilines is 1. The van der Waals surface area contributed by atoms with Gasteiger partial charge in [-0.25, -0.2) is 17.2 Å².